The lowest BCUT2D eigenvalue weighted by Gasteiger charge is -2.28. The Morgan fingerprint density at radius 1 is 1.16 bits per heavy atom. The number of phenols is 1. The number of ether oxygens (including phenoxy) is 1. The van der Waals surface area contributed by atoms with E-state index in [0.29, 0.717) is 49.2 Å². The molecule has 5 N–H and O–H groups in total. The molecular formula is C44H46F3N7O3+2. The molecule has 0 radical (unpaired) electrons. The second-order valence-corrected chi connectivity index (χ2v) is 15.6. The zero-order valence-electron chi connectivity index (χ0n) is 31.7. The standard InChI is InChI=1S/C44H44F3N7O3/c1-3-33-36(46)14-13-29-18-32(55)19-34(38(29)33)40-39(47)41-35(23-50-40)42(52-43(51-41)57-26-44-15-7-17-54(44)24-30(45)20-44)53-16-6-5-8-31(25-53)48-21-27-9-11-28(12-10-27)22-49-37(56)4-2/h1,4,9-14,18-19,23,30-31,48,55H,2,5-8,15-17,20-22,24-26H2,(H,49,56)/p+2/t30-,31?,44+/m1/s1. The van der Waals surface area contributed by atoms with Crippen LogP contribution >= 0.6 is 0 Å². The molecule has 294 valence electrons. The summed E-state index contributed by atoms with van der Waals surface area (Å²) in [5.41, 5.74) is 1.61. The van der Waals surface area contributed by atoms with E-state index < -0.39 is 23.3 Å². The molecule has 0 saturated carbocycles. The van der Waals surface area contributed by atoms with Crippen molar-refractivity contribution in [1.29, 1.82) is 0 Å². The van der Waals surface area contributed by atoms with Gasteiger partial charge in [0.25, 0.3) is 0 Å². The average molecular weight is 778 g/mol. The van der Waals surface area contributed by atoms with Gasteiger partial charge in [0.15, 0.2) is 12.0 Å². The molecule has 10 nitrogen and oxygen atoms in total. The van der Waals surface area contributed by atoms with Gasteiger partial charge in [-0.3, -0.25) is 9.78 Å². The molecule has 13 heteroatoms. The van der Waals surface area contributed by atoms with Gasteiger partial charge in [-0.25, -0.2) is 13.2 Å². The summed E-state index contributed by atoms with van der Waals surface area (Å²) in [5.74, 6) is 1.05. The number of carbonyl (C=O) groups is 1. The first kappa shape index (κ1) is 38.2. The number of hydrogen-bond acceptors (Lipinski definition) is 7. The third-order valence-electron chi connectivity index (χ3n) is 11.9. The lowest BCUT2D eigenvalue weighted by atomic mass is 9.95. The third kappa shape index (κ3) is 7.72. The number of aromatic hydroxyl groups is 1. The van der Waals surface area contributed by atoms with E-state index in [-0.39, 0.29) is 58.0 Å². The van der Waals surface area contributed by atoms with E-state index >= 15 is 8.78 Å². The summed E-state index contributed by atoms with van der Waals surface area (Å²) in [7, 11) is 0. The van der Waals surface area contributed by atoms with Crippen molar-refractivity contribution in [3.05, 3.63) is 95.7 Å². The first-order valence-electron chi connectivity index (χ1n) is 19.6. The number of nitrogens with one attached hydrogen (secondary N) is 2. The Kier molecular flexibility index (Phi) is 10.7. The number of rotatable bonds is 11. The van der Waals surface area contributed by atoms with Crippen molar-refractivity contribution in [1.82, 2.24) is 20.3 Å². The van der Waals surface area contributed by atoms with Crippen molar-refractivity contribution in [2.75, 3.05) is 37.7 Å². The molecular weight excluding hydrogens is 732 g/mol. The third-order valence-corrected chi connectivity index (χ3v) is 11.9. The minimum Gasteiger partial charge on any atom is -0.508 e. The molecule has 3 fully saturated rings. The minimum absolute atomic E-state index is 0.0123. The number of fused-ring (bicyclic) bond motifs is 3. The molecule has 1 amide bonds. The second kappa shape index (κ2) is 16.0. The Balaban J connectivity index is 1.14. The van der Waals surface area contributed by atoms with Gasteiger partial charge in [-0.05, 0) is 48.1 Å². The monoisotopic (exact) mass is 777 g/mol. The lowest BCUT2D eigenvalue weighted by Crippen LogP contribution is -3.16. The van der Waals surface area contributed by atoms with Crippen molar-refractivity contribution in [3.63, 3.8) is 0 Å². The van der Waals surface area contributed by atoms with Crippen LogP contribution in [0.5, 0.6) is 11.8 Å². The summed E-state index contributed by atoms with van der Waals surface area (Å²) in [6.07, 6.45) is 12.6. The average Bonchev–Trinajstić information content (AvgIpc) is 3.63. The predicted octanol–water partition coefficient (Wildman–Crippen LogP) is 4.27. The number of nitrogens with two attached hydrogens (primary N) is 1. The molecule has 5 aromatic rings. The van der Waals surface area contributed by atoms with Gasteiger partial charge in [-0.2, -0.15) is 9.97 Å². The Hall–Kier alpha value is -5.71. The number of hydrogen-bond donors (Lipinski definition) is 4. The normalized spacial score (nSPS) is 21.9. The molecule has 4 atom stereocenters. The molecule has 0 spiro atoms. The Morgan fingerprint density at radius 2 is 1.98 bits per heavy atom. The maximum absolute atomic E-state index is 17.1. The number of benzene rings is 3. The van der Waals surface area contributed by atoms with Gasteiger partial charge < -0.3 is 30.3 Å². The topological polar surface area (TPSA) is 122 Å². The van der Waals surface area contributed by atoms with Gasteiger partial charge in [0.2, 0.25) is 5.91 Å². The quantitative estimate of drug-likeness (QED) is 0.117. The summed E-state index contributed by atoms with van der Waals surface area (Å²) in [5, 5.41) is 16.8. The summed E-state index contributed by atoms with van der Waals surface area (Å²) in [6, 6.07) is 13.8. The largest absolute Gasteiger partial charge is 0.508 e. The highest BCUT2D eigenvalue weighted by atomic mass is 19.1. The SMILES string of the molecule is C#Cc1c(F)ccc2cc(O)cc(-c3ncc4c(N5CCCCC([NH2+]Cc6ccc(CNC(=O)C=C)cc6)C5)nc(OC[C@@]56CCC[NH+]5C[C@H](F)C6)nc4c3F)c12. The van der Waals surface area contributed by atoms with Crippen LogP contribution in [0.3, 0.4) is 0 Å². The molecule has 3 saturated heterocycles. The van der Waals surface area contributed by atoms with Crippen LogP contribution in [0, 0.1) is 24.0 Å². The molecule has 3 aliphatic rings. The first-order valence-corrected chi connectivity index (χ1v) is 19.6. The van der Waals surface area contributed by atoms with Gasteiger partial charge in [0, 0.05) is 61.5 Å². The van der Waals surface area contributed by atoms with Crippen molar-refractivity contribution >= 4 is 33.4 Å². The number of nitrogens with zero attached hydrogens (tertiary/aromatic N) is 4. The van der Waals surface area contributed by atoms with Crippen LogP contribution in [0.1, 0.15) is 55.2 Å². The fourth-order valence-electron chi connectivity index (χ4n) is 9.03. The zero-order valence-corrected chi connectivity index (χ0v) is 31.7. The number of terminal acetylenes is 1. The highest BCUT2D eigenvalue weighted by molar-refractivity contribution is 6.03. The fourth-order valence-corrected chi connectivity index (χ4v) is 9.03. The van der Waals surface area contributed by atoms with Crippen LogP contribution in [-0.2, 0) is 17.9 Å². The number of halogens is 3. The number of amides is 1. The van der Waals surface area contributed by atoms with Crippen LogP contribution in [-0.4, -0.2) is 76.5 Å². The Morgan fingerprint density at radius 3 is 2.79 bits per heavy atom. The number of pyridine rings is 1. The van der Waals surface area contributed by atoms with E-state index in [4.69, 9.17) is 16.1 Å². The van der Waals surface area contributed by atoms with E-state index in [1.54, 1.807) is 0 Å². The fraction of sp³-hybridized carbons (Fsp3) is 0.364. The number of aromatic nitrogens is 3. The predicted molar refractivity (Wildman–Crippen MR) is 211 cm³/mol. The van der Waals surface area contributed by atoms with Crippen LogP contribution < -0.4 is 25.2 Å². The van der Waals surface area contributed by atoms with E-state index in [2.05, 4.69) is 50.1 Å². The molecule has 3 aromatic carbocycles. The smallest absolute Gasteiger partial charge is 0.319 e. The molecule has 5 heterocycles. The summed E-state index contributed by atoms with van der Waals surface area (Å²) in [6.45, 7) is 7.46. The van der Waals surface area contributed by atoms with Gasteiger partial charge in [0.1, 0.15) is 59.9 Å². The van der Waals surface area contributed by atoms with Gasteiger partial charge in [-0.15, -0.1) is 6.42 Å². The van der Waals surface area contributed by atoms with Gasteiger partial charge in [-0.1, -0.05) is 42.8 Å². The molecule has 0 bridgehead atoms. The van der Waals surface area contributed by atoms with E-state index in [0.717, 1.165) is 56.3 Å². The molecule has 8 rings (SSSR count). The van der Waals surface area contributed by atoms with Crippen LogP contribution in [0.25, 0.3) is 32.9 Å². The molecule has 3 aliphatic heterocycles. The minimum atomic E-state index is -0.911. The van der Waals surface area contributed by atoms with E-state index in [1.807, 2.05) is 12.1 Å². The van der Waals surface area contributed by atoms with Crippen molar-refractivity contribution < 1.29 is 38.0 Å². The molecule has 2 aromatic heterocycles. The Labute approximate surface area is 329 Å². The zero-order chi connectivity index (χ0) is 39.7. The maximum Gasteiger partial charge on any atom is 0.319 e. The van der Waals surface area contributed by atoms with Crippen molar-refractivity contribution in [2.24, 2.45) is 0 Å². The van der Waals surface area contributed by atoms with Gasteiger partial charge in [0.05, 0.1) is 24.0 Å². The molecule has 0 aliphatic carbocycles. The lowest BCUT2D eigenvalue weighted by molar-refractivity contribution is -0.926. The maximum atomic E-state index is 17.1. The number of anilines is 1. The summed E-state index contributed by atoms with van der Waals surface area (Å²) >= 11 is 0. The van der Waals surface area contributed by atoms with E-state index in [1.165, 1.54) is 41.4 Å². The molecule has 57 heavy (non-hydrogen) atoms. The highest BCUT2D eigenvalue weighted by Gasteiger charge is 2.54. The number of carbonyl (C=O) groups excluding carboxylic acids is 1. The van der Waals surface area contributed by atoms with E-state index in [9.17, 15) is 14.3 Å². The van der Waals surface area contributed by atoms with Gasteiger partial charge >= 0.3 is 6.01 Å². The summed E-state index contributed by atoms with van der Waals surface area (Å²) < 4.78 is 53.2. The first-order chi connectivity index (χ1) is 27.6. The van der Waals surface area contributed by atoms with Crippen LogP contribution in [0.4, 0.5) is 19.0 Å². The second-order valence-electron chi connectivity index (χ2n) is 15.6. The summed E-state index contributed by atoms with van der Waals surface area (Å²) in [4.78, 5) is 29.0. The van der Waals surface area contributed by atoms with Crippen LogP contribution in [0.2, 0.25) is 0 Å². The highest BCUT2D eigenvalue weighted by Crippen LogP contribution is 2.39. The Bertz CT molecular complexity index is 2390. The number of phenolic OH excluding ortho intramolecular Hbond substituents is 1. The molecule has 2 unspecified atom stereocenters. The number of alkyl halides is 1. The number of quaternary nitrogens is 2. The van der Waals surface area contributed by atoms with Crippen molar-refractivity contribution in [2.45, 2.75) is 69.4 Å². The van der Waals surface area contributed by atoms with Crippen molar-refractivity contribution in [3.8, 4) is 35.4 Å². The van der Waals surface area contributed by atoms with Crippen LogP contribution in [0.15, 0.2) is 67.4 Å².